The first kappa shape index (κ1) is 48.7. The maximum atomic E-state index is 12.8. The Kier molecular flexibility index (Phi) is 26.2. The molecule has 0 saturated heterocycles. The number of carbonyl (C=O) groups is 5. The van der Waals surface area contributed by atoms with E-state index in [0.29, 0.717) is 6.42 Å². The van der Waals surface area contributed by atoms with Gasteiger partial charge < -0.3 is 49.5 Å². The summed E-state index contributed by atoms with van der Waals surface area (Å²) in [6.45, 7) is 10.7. The number of hydrogen-bond acceptors (Lipinski definition) is 11. The van der Waals surface area contributed by atoms with Crippen molar-refractivity contribution in [2.75, 3.05) is 65.9 Å². The second kappa shape index (κ2) is 29.1. The molecule has 0 aromatic heterocycles. The first-order chi connectivity index (χ1) is 25.7. The van der Waals surface area contributed by atoms with Crippen LogP contribution in [0.3, 0.4) is 0 Å². The van der Waals surface area contributed by atoms with Crippen LogP contribution >= 0.6 is 0 Å². The highest BCUT2D eigenvalue weighted by Crippen LogP contribution is 2.31. The molecule has 0 unspecified atom stereocenters. The van der Waals surface area contributed by atoms with Crippen LogP contribution in [-0.4, -0.2) is 118 Å². The quantitative estimate of drug-likeness (QED) is 0.0534. The van der Waals surface area contributed by atoms with E-state index in [1.54, 1.807) is 20.8 Å². The maximum absolute atomic E-state index is 12.8. The third kappa shape index (κ3) is 29.1. The molecule has 0 aromatic rings. The highest BCUT2D eigenvalue weighted by atomic mass is 16.6. The van der Waals surface area contributed by atoms with Crippen molar-refractivity contribution in [1.29, 1.82) is 0 Å². The third-order valence-corrected chi connectivity index (χ3v) is 8.01. The smallest absolute Gasteiger partial charge is 0.329 e. The number of ether oxygens (including phenoxy) is 6. The molecule has 0 radical (unpaired) electrons. The Bertz CT molecular complexity index is 1120. The second-order valence-electron chi connectivity index (χ2n) is 15.0. The van der Waals surface area contributed by atoms with Crippen LogP contribution < -0.4 is 16.0 Å². The van der Waals surface area contributed by atoms with Gasteiger partial charge in [0.2, 0.25) is 17.7 Å². The zero-order chi connectivity index (χ0) is 40.1. The number of carboxylic acids is 1. The number of nitrogens with one attached hydrogen (secondary N) is 3. The Balaban J connectivity index is 2.10. The minimum absolute atomic E-state index is 0.0246. The van der Waals surface area contributed by atoms with Crippen molar-refractivity contribution in [3.05, 3.63) is 11.8 Å². The average Bonchev–Trinajstić information content (AvgIpc) is 3.07. The van der Waals surface area contributed by atoms with Gasteiger partial charge in [0.05, 0.1) is 45.4 Å². The predicted molar refractivity (Wildman–Crippen MR) is 203 cm³/mol. The zero-order valence-electron chi connectivity index (χ0n) is 33.6. The van der Waals surface area contributed by atoms with Crippen molar-refractivity contribution in [3.8, 4) is 0 Å². The molecule has 0 saturated carbocycles. The normalized spacial score (nSPS) is 13.9. The van der Waals surface area contributed by atoms with Gasteiger partial charge in [0, 0.05) is 32.4 Å². The monoisotopic (exact) mass is 771 g/mol. The number of rotatable bonds is 34. The van der Waals surface area contributed by atoms with E-state index in [1.165, 1.54) is 38.5 Å². The number of carboxylic acid groups (broad SMARTS) is 1. The summed E-state index contributed by atoms with van der Waals surface area (Å²) in [4.78, 5) is 60.1. The Morgan fingerprint density at radius 1 is 0.685 bits per heavy atom. The summed E-state index contributed by atoms with van der Waals surface area (Å²) in [5.41, 5.74) is -0.804. The molecule has 0 aromatic carbocycles. The molecule has 0 fully saturated rings. The summed E-state index contributed by atoms with van der Waals surface area (Å²) in [7, 11) is 0. The van der Waals surface area contributed by atoms with Gasteiger partial charge in [-0.3, -0.25) is 14.4 Å². The lowest BCUT2D eigenvalue weighted by Crippen LogP contribution is -2.44. The van der Waals surface area contributed by atoms with Crippen LogP contribution in [0.25, 0.3) is 0 Å². The number of aliphatic carboxylic acids is 1. The van der Waals surface area contributed by atoms with Gasteiger partial charge in [-0.1, -0.05) is 51.4 Å². The molecule has 0 aliphatic carbocycles. The summed E-state index contributed by atoms with van der Waals surface area (Å²) in [6, 6.07) is -0.921. The fraction of sp³-hybridized carbons (Fsp3) is 0.821. The topological polar surface area (TPSA) is 197 Å². The SMILES string of the molecule is CC(C)(C)OC(=O)[C@H](CCC(=O)NCCOCCOCC(=O)NCCOCCOCC(=O)O)NC(=O)CCCCCCCCCCCCC1=CC(C)(C)O1. The molecule has 3 amide bonds. The predicted octanol–water partition coefficient (Wildman–Crippen LogP) is 4.35. The molecule has 15 nitrogen and oxygen atoms in total. The fourth-order valence-electron chi connectivity index (χ4n) is 5.44. The lowest BCUT2D eigenvalue weighted by Gasteiger charge is -2.34. The molecule has 0 bridgehead atoms. The summed E-state index contributed by atoms with van der Waals surface area (Å²) < 4.78 is 32.0. The van der Waals surface area contributed by atoms with Crippen LogP contribution in [-0.2, 0) is 52.4 Å². The van der Waals surface area contributed by atoms with Gasteiger partial charge in [-0.25, -0.2) is 9.59 Å². The average molecular weight is 772 g/mol. The van der Waals surface area contributed by atoms with Crippen molar-refractivity contribution in [3.63, 3.8) is 0 Å². The van der Waals surface area contributed by atoms with E-state index in [2.05, 4.69) is 35.9 Å². The first-order valence-corrected chi connectivity index (χ1v) is 19.7. The van der Waals surface area contributed by atoms with Crippen molar-refractivity contribution in [2.24, 2.45) is 0 Å². The minimum Gasteiger partial charge on any atom is -0.488 e. The van der Waals surface area contributed by atoms with Crippen molar-refractivity contribution in [2.45, 2.75) is 142 Å². The molecule has 1 atom stereocenters. The minimum atomic E-state index is -1.05. The van der Waals surface area contributed by atoms with E-state index >= 15 is 0 Å². The Hall–Kier alpha value is -3.27. The molecule has 1 rings (SSSR count). The van der Waals surface area contributed by atoms with E-state index in [0.717, 1.165) is 37.9 Å². The van der Waals surface area contributed by atoms with Crippen LogP contribution in [0.1, 0.15) is 125 Å². The largest absolute Gasteiger partial charge is 0.488 e. The van der Waals surface area contributed by atoms with E-state index in [4.69, 9.17) is 33.5 Å². The lowest BCUT2D eigenvalue weighted by atomic mass is 9.99. The summed E-state index contributed by atoms with van der Waals surface area (Å²) in [6.07, 6.45) is 15.0. The first-order valence-electron chi connectivity index (χ1n) is 19.7. The molecule has 1 heterocycles. The molecule has 15 heteroatoms. The molecule has 1 aliphatic rings. The van der Waals surface area contributed by atoms with Crippen LogP contribution in [0, 0.1) is 0 Å². The number of esters is 1. The molecule has 4 N–H and O–H groups in total. The Morgan fingerprint density at radius 3 is 1.72 bits per heavy atom. The van der Waals surface area contributed by atoms with Gasteiger partial charge in [0.25, 0.3) is 0 Å². The van der Waals surface area contributed by atoms with Crippen LogP contribution in [0.2, 0.25) is 0 Å². The highest BCUT2D eigenvalue weighted by Gasteiger charge is 2.28. The molecule has 54 heavy (non-hydrogen) atoms. The van der Waals surface area contributed by atoms with Gasteiger partial charge in [-0.05, 0) is 60.0 Å². The summed E-state index contributed by atoms with van der Waals surface area (Å²) in [5, 5.41) is 16.6. The fourth-order valence-corrected chi connectivity index (χ4v) is 5.44. The van der Waals surface area contributed by atoms with E-state index in [9.17, 15) is 24.0 Å². The number of allylic oxidation sites excluding steroid dienone is 1. The van der Waals surface area contributed by atoms with Crippen molar-refractivity contribution >= 4 is 29.7 Å². The molecular formula is C39H69N3O12. The number of carbonyl (C=O) groups excluding carboxylic acids is 4. The van der Waals surface area contributed by atoms with E-state index in [-0.39, 0.29) is 102 Å². The number of amides is 3. The lowest BCUT2D eigenvalue weighted by molar-refractivity contribution is -0.159. The van der Waals surface area contributed by atoms with Gasteiger partial charge >= 0.3 is 11.9 Å². The highest BCUT2D eigenvalue weighted by molar-refractivity contribution is 5.85. The van der Waals surface area contributed by atoms with E-state index < -0.39 is 23.6 Å². The van der Waals surface area contributed by atoms with Gasteiger partial charge in [0.1, 0.15) is 30.5 Å². The van der Waals surface area contributed by atoms with Gasteiger partial charge in [0.15, 0.2) is 0 Å². The molecule has 0 spiro atoms. The van der Waals surface area contributed by atoms with Crippen LogP contribution in [0.5, 0.6) is 0 Å². The van der Waals surface area contributed by atoms with Crippen molar-refractivity contribution < 1.29 is 57.5 Å². The zero-order valence-corrected chi connectivity index (χ0v) is 33.6. The number of unbranched alkanes of at least 4 members (excludes halogenated alkanes) is 9. The molecule has 1 aliphatic heterocycles. The standard InChI is InChI=1S/C39H69N3O12/c1-38(2,3)54-37(48)32(42-34(44)17-15-13-11-9-7-6-8-10-12-14-16-31-28-39(4,5)53-31)18-19-33(43)40-20-22-49-24-26-51-29-35(45)41-21-23-50-25-27-52-30-36(46)47/h28,32H,6-27,29-30H2,1-5H3,(H,40,43)(H,41,45)(H,42,44)(H,46,47)/t32-/m0/s1. The molecular weight excluding hydrogens is 702 g/mol. The second-order valence-corrected chi connectivity index (χ2v) is 15.0. The summed E-state index contributed by atoms with van der Waals surface area (Å²) in [5.74, 6) is -1.29. The van der Waals surface area contributed by atoms with E-state index in [1.807, 2.05) is 0 Å². The third-order valence-electron chi connectivity index (χ3n) is 8.01. The Morgan fingerprint density at radius 2 is 1.19 bits per heavy atom. The van der Waals surface area contributed by atoms with Crippen molar-refractivity contribution in [1.82, 2.24) is 16.0 Å². The number of hydrogen-bond donors (Lipinski definition) is 4. The Labute approximate surface area is 322 Å². The maximum Gasteiger partial charge on any atom is 0.329 e. The van der Waals surface area contributed by atoms with Crippen LogP contribution in [0.15, 0.2) is 11.8 Å². The van der Waals surface area contributed by atoms with Crippen LogP contribution in [0.4, 0.5) is 0 Å². The van der Waals surface area contributed by atoms with Gasteiger partial charge in [-0.2, -0.15) is 0 Å². The summed E-state index contributed by atoms with van der Waals surface area (Å²) >= 11 is 0. The van der Waals surface area contributed by atoms with Gasteiger partial charge in [-0.15, -0.1) is 0 Å². The molecule has 312 valence electrons.